The highest BCUT2D eigenvalue weighted by atomic mass is 16.7. The third kappa shape index (κ3) is 3.91. The van der Waals surface area contributed by atoms with Gasteiger partial charge in [-0.1, -0.05) is 0 Å². The van der Waals surface area contributed by atoms with Gasteiger partial charge in [0.05, 0.1) is 12.8 Å². The van der Waals surface area contributed by atoms with Crippen LogP contribution in [0.15, 0.2) is 0 Å². The molecule has 6 heteroatoms. The van der Waals surface area contributed by atoms with Crippen LogP contribution in [-0.4, -0.2) is 20.0 Å². The molecule has 0 aromatic heterocycles. The summed E-state index contributed by atoms with van der Waals surface area (Å²) in [6.07, 6.45) is -0.0320. The van der Waals surface area contributed by atoms with Crippen LogP contribution in [0.25, 0.3) is 0 Å². The fourth-order valence-electron chi connectivity index (χ4n) is 0.365. The average Bonchev–Trinajstić information content (AvgIpc) is 1.99. The molecule has 0 saturated carbocycles. The number of carbonyl (C=O) groups excluding carboxylic acids is 2. The SMILES string of the molecule is BOC(=O)CCC(=O)ON. The van der Waals surface area contributed by atoms with E-state index in [1.54, 1.807) is 0 Å². The van der Waals surface area contributed by atoms with E-state index in [0.29, 0.717) is 0 Å². The number of hydrogen-bond acceptors (Lipinski definition) is 5. The molecular formula is C4H8BNO4. The van der Waals surface area contributed by atoms with E-state index in [1.165, 1.54) is 8.05 Å². The Morgan fingerprint density at radius 1 is 1.30 bits per heavy atom. The molecule has 0 aromatic rings. The first-order valence-electron chi connectivity index (χ1n) is 2.67. The molecule has 2 N–H and O–H groups in total. The van der Waals surface area contributed by atoms with Crippen LogP contribution >= 0.6 is 0 Å². The van der Waals surface area contributed by atoms with E-state index in [0.717, 1.165) is 0 Å². The zero-order chi connectivity index (χ0) is 7.98. The summed E-state index contributed by atoms with van der Waals surface area (Å²) in [6, 6.07) is 0. The quantitative estimate of drug-likeness (QED) is 0.377. The van der Waals surface area contributed by atoms with Gasteiger partial charge in [0.25, 0.3) is 5.97 Å². The van der Waals surface area contributed by atoms with Gasteiger partial charge in [-0.25, -0.2) is 0 Å². The van der Waals surface area contributed by atoms with E-state index in [4.69, 9.17) is 0 Å². The third-order valence-corrected chi connectivity index (χ3v) is 0.892. The molecule has 0 radical (unpaired) electrons. The Labute approximate surface area is 58.9 Å². The Bertz CT molecular complexity index is 121. The summed E-state index contributed by atoms with van der Waals surface area (Å²) in [5.74, 6) is 3.42. The molecule has 0 aliphatic heterocycles. The maximum absolute atomic E-state index is 10.4. The van der Waals surface area contributed by atoms with Gasteiger partial charge in [-0.05, 0) is 0 Å². The highest BCUT2D eigenvalue weighted by Gasteiger charge is 2.05. The van der Waals surface area contributed by atoms with E-state index >= 15 is 0 Å². The summed E-state index contributed by atoms with van der Waals surface area (Å²) in [5.41, 5.74) is 0. The van der Waals surface area contributed by atoms with Gasteiger partial charge in [0.1, 0.15) is 0 Å². The predicted octanol–water partition coefficient (Wildman–Crippen LogP) is -1.73. The summed E-state index contributed by atoms with van der Waals surface area (Å²) in [7, 11) is 1.25. The summed E-state index contributed by atoms with van der Waals surface area (Å²) in [4.78, 5) is 24.4. The van der Waals surface area contributed by atoms with Crippen LogP contribution in [0.2, 0.25) is 0 Å². The standard InChI is InChI=1S/C4H8BNO4/c5-9-3(7)1-2-4(8)10-6/h1-2,5-6H2. The lowest BCUT2D eigenvalue weighted by Gasteiger charge is -1.96. The van der Waals surface area contributed by atoms with Gasteiger partial charge in [0.2, 0.25) is 0 Å². The first-order valence-corrected chi connectivity index (χ1v) is 2.67. The van der Waals surface area contributed by atoms with Crippen molar-refractivity contribution in [1.29, 1.82) is 0 Å². The minimum absolute atomic E-state index is 0.00648. The van der Waals surface area contributed by atoms with Crippen molar-refractivity contribution in [2.45, 2.75) is 12.8 Å². The van der Waals surface area contributed by atoms with E-state index < -0.39 is 11.9 Å². The van der Waals surface area contributed by atoms with Crippen LogP contribution in [-0.2, 0) is 19.1 Å². The highest BCUT2D eigenvalue weighted by Crippen LogP contribution is 1.91. The first-order chi connectivity index (χ1) is 4.70. The summed E-state index contributed by atoms with van der Waals surface area (Å²) in [5, 5.41) is 0. The smallest absolute Gasteiger partial charge is 0.325 e. The average molecular weight is 145 g/mol. The number of carbonyl (C=O) groups is 2. The fourth-order valence-corrected chi connectivity index (χ4v) is 0.365. The van der Waals surface area contributed by atoms with Gasteiger partial charge in [0.15, 0.2) is 0 Å². The van der Waals surface area contributed by atoms with E-state index in [2.05, 4.69) is 15.4 Å². The molecule has 0 rings (SSSR count). The molecule has 0 bridgehead atoms. The van der Waals surface area contributed by atoms with Crippen molar-refractivity contribution in [2.24, 2.45) is 5.90 Å². The number of nitrogens with two attached hydrogens (primary N) is 1. The maximum Gasteiger partial charge on any atom is 0.325 e. The van der Waals surface area contributed by atoms with Gasteiger partial charge in [-0.15, -0.1) is 0 Å². The van der Waals surface area contributed by atoms with Crippen molar-refractivity contribution in [3.8, 4) is 0 Å². The molecule has 0 atom stereocenters. The Morgan fingerprint density at radius 3 is 2.20 bits per heavy atom. The van der Waals surface area contributed by atoms with E-state index in [1.807, 2.05) is 0 Å². The second-order valence-corrected chi connectivity index (χ2v) is 1.57. The van der Waals surface area contributed by atoms with Gasteiger partial charge in [-0.2, -0.15) is 5.90 Å². The zero-order valence-electron chi connectivity index (χ0n) is 5.62. The van der Waals surface area contributed by atoms with Crippen LogP contribution in [0.5, 0.6) is 0 Å². The fraction of sp³-hybridized carbons (Fsp3) is 0.500. The second-order valence-electron chi connectivity index (χ2n) is 1.57. The van der Waals surface area contributed by atoms with Crippen molar-refractivity contribution in [3.63, 3.8) is 0 Å². The molecule has 0 amide bonds. The largest absolute Gasteiger partial charge is 0.543 e. The minimum atomic E-state index is -0.620. The van der Waals surface area contributed by atoms with Crippen LogP contribution in [0.3, 0.4) is 0 Å². The highest BCUT2D eigenvalue weighted by molar-refractivity contribution is 6.05. The third-order valence-electron chi connectivity index (χ3n) is 0.892. The van der Waals surface area contributed by atoms with Crippen molar-refractivity contribution in [1.82, 2.24) is 0 Å². The Morgan fingerprint density at radius 2 is 1.80 bits per heavy atom. The van der Waals surface area contributed by atoms with Gasteiger partial charge in [0, 0.05) is 0 Å². The predicted molar refractivity (Wildman–Crippen MR) is 34.1 cm³/mol. The summed E-state index contributed by atoms with van der Waals surface area (Å²) in [6.45, 7) is 0. The molecule has 0 spiro atoms. The monoisotopic (exact) mass is 145 g/mol. The van der Waals surface area contributed by atoms with Crippen molar-refractivity contribution >= 4 is 20.0 Å². The molecule has 5 nitrogen and oxygen atoms in total. The van der Waals surface area contributed by atoms with E-state index in [9.17, 15) is 9.59 Å². The van der Waals surface area contributed by atoms with Gasteiger partial charge in [-0.3, -0.25) is 9.59 Å². The molecule has 0 fully saturated rings. The molecule has 56 valence electrons. The zero-order valence-corrected chi connectivity index (χ0v) is 5.62. The molecule has 0 aliphatic carbocycles. The Kier molecular flexibility index (Phi) is 4.31. The van der Waals surface area contributed by atoms with Gasteiger partial charge < -0.3 is 9.49 Å². The molecule has 10 heavy (non-hydrogen) atoms. The van der Waals surface area contributed by atoms with Crippen LogP contribution in [0.4, 0.5) is 0 Å². The lowest BCUT2D eigenvalue weighted by molar-refractivity contribution is -0.147. The molecule has 0 unspecified atom stereocenters. The van der Waals surface area contributed by atoms with Crippen molar-refractivity contribution in [2.75, 3.05) is 0 Å². The Balaban J connectivity index is 3.35. The van der Waals surface area contributed by atoms with Gasteiger partial charge >= 0.3 is 14.0 Å². The summed E-state index contributed by atoms with van der Waals surface area (Å²) >= 11 is 0. The topological polar surface area (TPSA) is 78.6 Å². The molecular weight excluding hydrogens is 137 g/mol. The van der Waals surface area contributed by atoms with Crippen LogP contribution in [0, 0.1) is 0 Å². The molecule has 0 heterocycles. The first kappa shape index (κ1) is 8.96. The lowest BCUT2D eigenvalue weighted by Crippen LogP contribution is -2.12. The molecule has 0 aromatic carbocycles. The number of hydrogen-bond donors (Lipinski definition) is 1. The van der Waals surface area contributed by atoms with Crippen molar-refractivity contribution in [3.05, 3.63) is 0 Å². The molecule has 0 aliphatic rings. The number of rotatable bonds is 3. The second kappa shape index (κ2) is 4.81. The minimum Gasteiger partial charge on any atom is -0.543 e. The van der Waals surface area contributed by atoms with E-state index in [-0.39, 0.29) is 12.8 Å². The normalized spacial score (nSPS) is 8.50. The lowest BCUT2D eigenvalue weighted by atomic mass is 10.3. The maximum atomic E-state index is 10.4. The Hall–Kier alpha value is -1.04. The van der Waals surface area contributed by atoms with Crippen LogP contribution < -0.4 is 5.90 Å². The van der Waals surface area contributed by atoms with Crippen LogP contribution in [0.1, 0.15) is 12.8 Å². The molecule has 0 saturated heterocycles. The summed E-state index contributed by atoms with van der Waals surface area (Å²) < 4.78 is 4.26. The van der Waals surface area contributed by atoms with Crippen molar-refractivity contribution < 1.29 is 19.1 Å².